The maximum absolute atomic E-state index is 13.2. The van der Waals surface area contributed by atoms with Crippen molar-refractivity contribution in [3.8, 4) is 11.1 Å². The molecule has 168 valence electrons. The minimum Gasteiger partial charge on any atom is -0.307 e. The summed E-state index contributed by atoms with van der Waals surface area (Å²) in [4.78, 5) is 44.6. The second-order valence-electron chi connectivity index (χ2n) is 7.25. The van der Waals surface area contributed by atoms with Crippen LogP contribution >= 0.6 is 23.1 Å². The van der Waals surface area contributed by atoms with E-state index in [4.69, 9.17) is 0 Å². The van der Waals surface area contributed by atoms with Gasteiger partial charge in [-0.05, 0) is 48.7 Å². The van der Waals surface area contributed by atoms with Gasteiger partial charge in [-0.15, -0.1) is 11.3 Å². The molecule has 0 aliphatic carbocycles. The predicted octanol–water partition coefficient (Wildman–Crippen LogP) is 4.85. The summed E-state index contributed by atoms with van der Waals surface area (Å²) in [6, 6.07) is 10.7. The maximum atomic E-state index is 13.2. The van der Waals surface area contributed by atoms with Crippen LogP contribution in [-0.4, -0.2) is 27.7 Å². The predicted molar refractivity (Wildman–Crippen MR) is 129 cm³/mol. The van der Waals surface area contributed by atoms with Gasteiger partial charge in [0.2, 0.25) is 5.91 Å². The number of nitrogens with one attached hydrogen (secondary N) is 3. The molecule has 0 atom stereocenters. The van der Waals surface area contributed by atoms with Gasteiger partial charge in [0.1, 0.15) is 10.6 Å². The van der Waals surface area contributed by atoms with Gasteiger partial charge < -0.3 is 10.3 Å². The Bertz CT molecular complexity index is 1410. The highest BCUT2D eigenvalue weighted by Crippen LogP contribution is 2.31. The summed E-state index contributed by atoms with van der Waals surface area (Å²) in [7, 11) is 0. The highest BCUT2D eigenvalue weighted by molar-refractivity contribution is 7.99. The van der Waals surface area contributed by atoms with Crippen LogP contribution < -0.4 is 16.2 Å². The Kier molecular flexibility index (Phi) is 6.57. The average Bonchev–Trinajstić information content (AvgIpc) is 3.21. The number of H-pyrrole nitrogens is 1. The molecule has 4 rings (SSSR count). The monoisotopic (exact) mass is 482 g/mol. The Morgan fingerprint density at radius 2 is 1.91 bits per heavy atom. The molecule has 3 N–H and O–H groups in total. The summed E-state index contributed by atoms with van der Waals surface area (Å²) in [5.41, 5.74) is 3.60. The fraction of sp³-hybridized carbons (Fsp3) is 0.130. The Balaban J connectivity index is 1.41. The van der Waals surface area contributed by atoms with E-state index in [9.17, 15) is 18.8 Å². The highest BCUT2D eigenvalue weighted by Gasteiger charge is 2.15. The summed E-state index contributed by atoms with van der Waals surface area (Å²) in [6.07, 6.45) is 0. The molecule has 2 heterocycles. The topological polar surface area (TPSA) is 104 Å². The van der Waals surface area contributed by atoms with E-state index in [1.165, 1.54) is 23.5 Å². The molecule has 3 amide bonds. The number of fused-ring (bicyclic) bond motifs is 1. The smallest absolute Gasteiger partial charge is 0.307 e. The number of thioether (sulfide) groups is 1. The van der Waals surface area contributed by atoms with Gasteiger partial charge in [0, 0.05) is 16.6 Å². The molecular formula is C23H19FN4O3S2. The molecule has 2 aromatic heterocycles. The average molecular weight is 483 g/mol. The number of halogens is 1. The van der Waals surface area contributed by atoms with E-state index < -0.39 is 11.9 Å². The first-order chi connectivity index (χ1) is 15.8. The second-order valence-corrected chi connectivity index (χ2v) is 9.07. The third-order valence-electron chi connectivity index (χ3n) is 5.02. The molecule has 2 aromatic carbocycles. The molecule has 0 saturated heterocycles. The third kappa shape index (κ3) is 5.12. The Labute approximate surface area is 196 Å². The van der Waals surface area contributed by atoms with Crippen LogP contribution in [0.25, 0.3) is 21.3 Å². The van der Waals surface area contributed by atoms with Crippen molar-refractivity contribution in [3.63, 3.8) is 0 Å². The number of thiophene rings is 1. The summed E-state index contributed by atoms with van der Waals surface area (Å²) >= 11 is 2.30. The number of benzene rings is 2. The van der Waals surface area contributed by atoms with Crippen molar-refractivity contribution in [1.29, 1.82) is 0 Å². The van der Waals surface area contributed by atoms with Gasteiger partial charge in [0.25, 0.3) is 5.56 Å². The van der Waals surface area contributed by atoms with Gasteiger partial charge in [-0.25, -0.2) is 14.2 Å². The van der Waals surface area contributed by atoms with Crippen LogP contribution in [0, 0.1) is 19.7 Å². The van der Waals surface area contributed by atoms with Crippen molar-refractivity contribution >= 4 is 50.9 Å². The fourth-order valence-electron chi connectivity index (χ4n) is 3.18. The van der Waals surface area contributed by atoms with E-state index in [1.54, 1.807) is 23.6 Å². The molecule has 10 heteroatoms. The lowest BCUT2D eigenvalue weighted by Crippen LogP contribution is -2.35. The van der Waals surface area contributed by atoms with Crippen molar-refractivity contribution in [2.75, 3.05) is 11.1 Å². The highest BCUT2D eigenvalue weighted by atomic mass is 32.2. The SMILES string of the molecule is Cc1cccc(NC(=O)NC(=O)CSc2nc3scc(-c4ccc(F)cc4)c3c(=O)[nH]2)c1C. The molecule has 7 nitrogen and oxygen atoms in total. The summed E-state index contributed by atoms with van der Waals surface area (Å²) in [5, 5.41) is 7.40. The molecular weight excluding hydrogens is 463 g/mol. The number of amides is 3. The standard InChI is InChI=1S/C23H19FN4O3S2/c1-12-4-3-5-17(13(12)2)25-22(31)26-18(29)11-33-23-27-20(30)19-16(10-32-21(19)28-23)14-6-8-15(24)9-7-14/h3-10H,11H2,1-2H3,(H,27,28,30)(H2,25,26,29,31). The number of rotatable bonds is 5. The van der Waals surface area contributed by atoms with Crippen molar-refractivity contribution < 1.29 is 14.0 Å². The zero-order valence-corrected chi connectivity index (χ0v) is 19.3. The molecule has 0 saturated carbocycles. The number of urea groups is 1. The van der Waals surface area contributed by atoms with E-state index >= 15 is 0 Å². The van der Waals surface area contributed by atoms with Gasteiger partial charge >= 0.3 is 6.03 Å². The van der Waals surface area contributed by atoms with Crippen LogP contribution in [0.1, 0.15) is 11.1 Å². The minimum atomic E-state index is -0.631. The van der Waals surface area contributed by atoms with Gasteiger partial charge in [0.15, 0.2) is 5.16 Å². The molecule has 0 radical (unpaired) electrons. The number of aromatic nitrogens is 2. The van der Waals surface area contributed by atoms with Crippen molar-refractivity contribution in [2.45, 2.75) is 19.0 Å². The first-order valence-electron chi connectivity index (χ1n) is 9.89. The number of imide groups is 1. The molecule has 4 aromatic rings. The Hall–Kier alpha value is -3.50. The Morgan fingerprint density at radius 1 is 1.15 bits per heavy atom. The summed E-state index contributed by atoms with van der Waals surface area (Å²) in [6.45, 7) is 3.81. The van der Waals surface area contributed by atoms with Gasteiger partial charge in [-0.1, -0.05) is 36.0 Å². The molecule has 0 fully saturated rings. The zero-order valence-electron chi connectivity index (χ0n) is 17.7. The van der Waals surface area contributed by atoms with E-state index in [2.05, 4.69) is 20.6 Å². The van der Waals surface area contributed by atoms with Crippen molar-refractivity contribution in [3.05, 3.63) is 75.1 Å². The normalized spacial score (nSPS) is 10.9. The molecule has 0 aliphatic rings. The largest absolute Gasteiger partial charge is 0.325 e. The summed E-state index contributed by atoms with van der Waals surface area (Å²) < 4.78 is 13.2. The van der Waals surface area contributed by atoms with Crippen LogP contribution in [0.3, 0.4) is 0 Å². The van der Waals surface area contributed by atoms with Crippen molar-refractivity contribution in [2.24, 2.45) is 0 Å². The fourth-order valence-corrected chi connectivity index (χ4v) is 4.84. The number of carbonyl (C=O) groups excluding carboxylic acids is 2. The molecule has 0 unspecified atom stereocenters. The Morgan fingerprint density at radius 3 is 2.67 bits per heavy atom. The third-order valence-corrected chi connectivity index (χ3v) is 6.77. The van der Waals surface area contributed by atoms with Crippen LogP contribution in [0.5, 0.6) is 0 Å². The lowest BCUT2D eigenvalue weighted by Gasteiger charge is -2.10. The quantitative estimate of drug-likeness (QED) is 0.279. The van der Waals surface area contributed by atoms with E-state index in [0.717, 1.165) is 22.9 Å². The lowest BCUT2D eigenvalue weighted by molar-refractivity contribution is -0.117. The zero-order chi connectivity index (χ0) is 23.5. The number of carbonyl (C=O) groups is 2. The van der Waals surface area contributed by atoms with E-state index in [0.29, 0.717) is 27.0 Å². The number of hydrogen-bond acceptors (Lipinski definition) is 6. The summed E-state index contributed by atoms with van der Waals surface area (Å²) in [5.74, 6) is -0.987. The van der Waals surface area contributed by atoms with Crippen LogP contribution in [0.4, 0.5) is 14.9 Å². The number of aromatic amines is 1. The maximum Gasteiger partial charge on any atom is 0.325 e. The first-order valence-corrected chi connectivity index (χ1v) is 11.8. The molecule has 0 spiro atoms. The van der Waals surface area contributed by atoms with Gasteiger partial charge in [-0.3, -0.25) is 14.9 Å². The van der Waals surface area contributed by atoms with Crippen LogP contribution in [-0.2, 0) is 4.79 Å². The van der Waals surface area contributed by atoms with E-state index in [1.807, 2.05) is 26.0 Å². The number of aryl methyl sites for hydroxylation is 1. The minimum absolute atomic E-state index is 0.106. The van der Waals surface area contributed by atoms with Gasteiger partial charge in [0.05, 0.1) is 11.1 Å². The van der Waals surface area contributed by atoms with Crippen LogP contribution in [0.2, 0.25) is 0 Å². The van der Waals surface area contributed by atoms with Gasteiger partial charge in [-0.2, -0.15) is 0 Å². The second kappa shape index (κ2) is 9.55. The lowest BCUT2D eigenvalue weighted by atomic mass is 10.1. The first kappa shape index (κ1) is 22.7. The molecule has 33 heavy (non-hydrogen) atoms. The van der Waals surface area contributed by atoms with Crippen molar-refractivity contribution in [1.82, 2.24) is 15.3 Å². The molecule has 0 bridgehead atoms. The number of nitrogens with zero attached hydrogens (tertiary/aromatic N) is 1. The van der Waals surface area contributed by atoms with Crippen LogP contribution in [0.15, 0.2) is 57.8 Å². The van der Waals surface area contributed by atoms with E-state index in [-0.39, 0.29) is 22.3 Å². The number of hydrogen-bond donors (Lipinski definition) is 3. The number of anilines is 1. The molecule has 0 aliphatic heterocycles.